The summed E-state index contributed by atoms with van der Waals surface area (Å²) < 4.78 is 0. The van der Waals surface area contributed by atoms with Crippen molar-refractivity contribution in [2.45, 2.75) is 4.84 Å². The maximum atomic E-state index is 11.3. The van der Waals surface area contributed by atoms with Gasteiger partial charge < -0.3 is 0 Å². The number of carbonyl (C=O) groups excluding carboxylic acids is 2. The second-order valence-electron chi connectivity index (χ2n) is 2.37. The number of benzene rings is 1. The van der Waals surface area contributed by atoms with Crippen molar-refractivity contribution in [1.82, 2.24) is 0 Å². The summed E-state index contributed by atoms with van der Waals surface area (Å²) in [7, 11) is 0. The lowest BCUT2D eigenvalue weighted by molar-refractivity contribution is 0.0999. The van der Waals surface area contributed by atoms with Gasteiger partial charge in [0.2, 0.25) is 0 Å². The number of ketones is 1. The van der Waals surface area contributed by atoms with Gasteiger partial charge in [0.05, 0.1) is 0 Å². The Morgan fingerprint density at radius 1 is 1.31 bits per heavy atom. The van der Waals surface area contributed by atoms with Crippen LogP contribution in [-0.4, -0.2) is 16.9 Å². The molecule has 0 saturated carbocycles. The molecule has 0 aromatic heterocycles. The van der Waals surface area contributed by atoms with Crippen LogP contribution in [0.4, 0.5) is 0 Å². The fourth-order valence-electron chi connectivity index (χ4n) is 0.942. The van der Waals surface area contributed by atoms with E-state index in [0.29, 0.717) is 11.8 Å². The van der Waals surface area contributed by atoms with Gasteiger partial charge in [-0.05, 0) is 0 Å². The maximum absolute atomic E-state index is 11.3. The molecule has 13 heavy (non-hydrogen) atoms. The fourth-order valence-corrected chi connectivity index (χ4v) is 1.18. The molecule has 0 atom stereocenters. The molecule has 0 radical (unpaired) electrons. The molecular formula is C9H6Cl2O2. The van der Waals surface area contributed by atoms with E-state index in [9.17, 15) is 9.59 Å². The van der Waals surface area contributed by atoms with Crippen LogP contribution in [0.3, 0.4) is 0 Å². The first-order valence-electron chi connectivity index (χ1n) is 3.53. The van der Waals surface area contributed by atoms with E-state index in [-0.39, 0.29) is 5.56 Å². The zero-order valence-electron chi connectivity index (χ0n) is 6.54. The quantitative estimate of drug-likeness (QED) is 0.442. The molecule has 0 amide bonds. The Morgan fingerprint density at radius 3 is 2.46 bits per heavy atom. The van der Waals surface area contributed by atoms with Crippen LogP contribution in [0.2, 0.25) is 0 Å². The molecule has 0 aliphatic rings. The van der Waals surface area contributed by atoms with Gasteiger partial charge >= 0.3 is 0 Å². The van der Waals surface area contributed by atoms with Crippen LogP contribution >= 0.6 is 23.2 Å². The number of hydrogen-bond acceptors (Lipinski definition) is 2. The molecule has 0 unspecified atom stereocenters. The standard InChI is InChI=1S/C9H6Cl2O2/c10-9(11)8(13)7-4-2-1-3-6(7)5-12/h1-5,9H. The molecule has 1 aromatic carbocycles. The zero-order valence-corrected chi connectivity index (χ0v) is 8.05. The lowest BCUT2D eigenvalue weighted by Gasteiger charge is -2.02. The van der Waals surface area contributed by atoms with Crippen molar-refractivity contribution in [3.8, 4) is 0 Å². The second-order valence-corrected chi connectivity index (χ2v) is 3.47. The third-order valence-electron chi connectivity index (χ3n) is 1.55. The highest BCUT2D eigenvalue weighted by atomic mass is 35.5. The number of halogens is 2. The first-order chi connectivity index (χ1) is 6.16. The number of aldehydes is 1. The van der Waals surface area contributed by atoms with E-state index >= 15 is 0 Å². The molecule has 0 saturated heterocycles. The summed E-state index contributed by atoms with van der Waals surface area (Å²) in [6, 6.07) is 6.37. The van der Waals surface area contributed by atoms with Gasteiger partial charge in [-0.25, -0.2) is 0 Å². The largest absolute Gasteiger partial charge is 0.298 e. The molecule has 0 aliphatic carbocycles. The predicted octanol–water partition coefficient (Wildman–Crippen LogP) is 2.49. The molecule has 4 heteroatoms. The second kappa shape index (κ2) is 4.40. The first kappa shape index (κ1) is 10.2. The Hall–Kier alpha value is -0.860. The Balaban J connectivity index is 3.13. The fraction of sp³-hybridized carbons (Fsp3) is 0.111. The van der Waals surface area contributed by atoms with E-state index < -0.39 is 10.6 Å². The van der Waals surface area contributed by atoms with Crippen LogP contribution < -0.4 is 0 Å². The molecule has 0 bridgehead atoms. The number of alkyl halides is 2. The van der Waals surface area contributed by atoms with Crippen LogP contribution in [0.1, 0.15) is 20.7 Å². The van der Waals surface area contributed by atoms with Crippen molar-refractivity contribution in [2.24, 2.45) is 0 Å². The van der Waals surface area contributed by atoms with Gasteiger partial charge in [-0.3, -0.25) is 9.59 Å². The van der Waals surface area contributed by atoms with Crippen molar-refractivity contribution in [3.63, 3.8) is 0 Å². The molecule has 0 heterocycles. The maximum Gasteiger partial charge on any atom is 0.196 e. The SMILES string of the molecule is O=Cc1ccccc1C(=O)C(Cl)Cl. The van der Waals surface area contributed by atoms with Gasteiger partial charge in [0.15, 0.2) is 16.9 Å². The highest BCUT2D eigenvalue weighted by Gasteiger charge is 2.16. The van der Waals surface area contributed by atoms with Crippen molar-refractivity contribution < 1.29 is 9.59 Å². The van der Waals surface area contributed by atoms with E-state index in [4.69, 9.17) is 23.2 Å². The summed E-state index contributed by atoms with van der Waals surface area (Å²) >= 11 is 10.8. The summed E-state index contributed by atoms with van der Waals surface area (Å²) in [6.45, 7) is 0. The van der Waals surface area contributed by atoms with Gasteiger partial charge in [0, 0.05) is 11.1 Å². The molecule has 1 aromatic rings. The van der Waals surface area contributed by atoms with Crippen LogP contribution in [0.5, 0.6) is 0 Å². The minimum absolute atomic E-state index is 0.257. The third-order valence-corrected chi connectivity index (χ3v) is 1.95. The van der Waals surface area contributed by atoms with Crippen LogP contribution in [-0.2, 0) is 0 Å². The van der Waals surface area contributed by atoms with Gasteiger partial charge in [-0.1, -0.05) is 47.5 Å². The monoisotopic (exact) mass is 216 g/mol. The normalized spacial score (nSPS) is 10.1. The van der Waals surface area contributed by atoms with E-state index in [0.717, 1.165) is 0 Å². The molecule has 68 valence electrons. The van der Waals surface area contributed by atoms with Crippen LogP contribution in [0, 0.1) is 0 Å². The van der Waals surface area contributed by atoms with Gasteiger partial charge in [0.25, 0.3) is 0 Å². The number of carbonyl (C=O) groups is 2. The minimum Gasteiger partial charge on any atom is -0.298 e. The number of rotatable bonds is 3. The average Bonchev–Trinajstić information content (AvgIpc) is 2.16. The molecule has 0 aliphatic heterocycles. The molecule has 0 spiro atoms. The summed E-state index contributed by atoms with van der Waals surface area (Å²) in [6.07, 6.45) is 0.601. The summed E-state index contributed by atoms with van der Waals surface area (Å²) in [4.78, 5) is 20.7. The van der Waals surface area contributed by atoms with E-state index in [2.05, 4.69) is 0 Å². The molecule has 2 nitrogen and oxygen atoms in total. The minimum atomic E-state index is -1.12. The molecule has 0 N–H and O–H groups in total. The average molecular weight is 217 g/mol. The van der Waals surface area contributed by atoms with E-state index in [1.54, 1.807) is 12.1 Å². The zero-order chi connectivity index (χ0) is 9.84. The number of Topliss-reactive ketones (excluding diaryl/α,β-unsaturated/α-hetero) is 1. The van der Waals surface area contributed by atoms with Crippen LogP contribution in [0.25, 0.3) is 0 Å². The summed E-state index contributed by atoms with van der Waals surface area (Å²) in [5.74, 6) is -0.453. The van der Waals surface area contributed by atoms with Crippen molar-refractivity contribution in [2.75, 3.05) is 0 Å². The third kappa shape index (κ3) is 2.29. The number of hydrogen-bond donors (Lipinski definition) is 0. The molecule has 1 rings (SSSR count). The van der Waals surface area contributed by atoms with Gasteiger partial charge in [-0.15, -0.1) is 0 Å². The summed E-state index contributed by atoms with van der Waals surface area (Å²) in [5.41, 5.74) is 0.561. The first-order valence-corrected chi connectivity index (χ1v) is 4.40. The predicted molar refractivity (Wildman–Crippen MR) is 51.7 cm³/mol. The molecular weight excluding hydrogens is 211 g/mol. The van der Waals surface area contributed by atoms with Gasteiger partial charge in [-0.2, -0.15) is 0 Å². The topological polar surface area (TPSA) is 34.1 Å². The van der Waals surface area contributed by atoms with Crippen LogP contribution in [0.15, 0.2) is 24.3 Å². The highest BCUT2D eigenvalue weighted by molar-refractivity contribution is 6.55. The molecule has 0 fully saturated rings. The lowest BCUT2D eigenvalue weighted by atomic mass is 10.1. The smallest absolute Gasteiger partial charge is 0.196 e. The Bertz CT molecular complexity index is 334. The van der Waals surface area contributed by atoms with Crippen molar-refractivity contribution >= 4 is 35.3 Å². The highest BCUT2D eigenvalue weighted by Crippen LogP contribution is 2.14. The van der Waals surface area contributed by atoms with Crippen molar-refractivity contribution in [3.05, 3.63) is 35.4 Å². The van der Waals surface area contributed by atoms with E-state index in [1.165, 1.54) is 12.1 Å². The lowest BCUT2D eigenvalue weighted by Crippen LogP contribution is -2.10. The van der Waals surface area contributed by atoms with E-state index in [1.807, 2.05) is 0 Å². The Kier molecular flexibility index (Phi) is 3.46. The Morgan fingerprint density at radius 2 is 1.92 bits per heavy atom. The summed E-state index contributed by atoms with van der Waals surface area (Å²) in [5, 5.41) is 0. The Labute approximate surface area is 85.5 Å². The van der Waals surface area contributed by atoms with Crippen molar-refractivity contribution in [1.29, 1.82) is 0 Å². The van der Waals surface area contributed by atoms with Gasteiger partial charge in [0.1, 0.15) is 0 Å².